The van der Waals surface area contributed by atoms with E-state index in [4.69, 9.17) is 11.6 Å². The first-order valence-corrected chi connectivity index (χ1v) is 6.50. The molecule has 0 aliphatic carbocycles. The largest absolute Gasteiger partial charge is 0.385 e. The highest BCUT2D eigenvalue weighted by atomic mass is 79.9. The van der Waals surface area contributed by atoms with Gasteiger partial charge in [0.1, 0.15) is 0 Å². The summed E-state index contributed by atoms with van der Waals surface area (Å²) in [4.78, 5) is 4.08. The van der Waals surface area contributed by atoms with E-state index in [1.54, 1.807) is 6.20 Å². The lowest BCUT2D eigenvalue weighted by Crippen LogP contribution is -2.04. The second kappa shape index (κ2) is 6.03. The Bertz CT molecular complexity index is 488. The second-order valence-electron chi connectivity index (χ2n) is 3.67. The van der Waals surface area contributed by atoms with Crippen molar-refractivity contribution < 1.29 is 0 Å². The van der Waals surface area contributed by atoms with Gasteiger partial charge in [0, 0.05) is 29.1 Å². The highest BCUT2D eigenvalue weighted by molar-refractivity contribution is 9.10. The summed E-state index contributed by atoms with van der Waals surface area (Å²) >= 11 is 9.33. The molecular formula is C13H12BrClN2. The minimum atomic E-state index is 0.725. The molecule has 2 rings (SSSR count). The quantitative estimate of drug-likeness (QED) is 0.917. The minimum Gasteiger partial charge on any atom is -0.385 e. The Morgan fingerprint density at radius 2 is 2.18 bits per heavy atom. The lowest BCUT2D eigenvalue weighted by molar-refractivity contribution is 1.00. The molecular weight excluding hydrogens is 300 g/mol. The molecule has 1 aromatic carbocycles. The molecule has 2 aromatic rings. The molecule has 0 fully saturated rings. The standard InChI is InChI=1S/C13H12BrClN2/c14-12-8-11(3-4-13(12)15)17-7-5-10-2-1-6-16-9-10/h1-4,6,8-9,17H,5,7H2. The monoisotopic (exact) mass is 310 g/mol. The highest BCUT2D eigenvalue weighted by Gasteiger charge is 1.98. The maximum Gasteiger partial charge on any atom is 0.0549 e. The summed E-state index contributed by atoms with van der Waals surface area (Å²) in [5, 5.41) is 4.07. The first kappa shape index (κ1) is 12.4. The van der Waals surface area contributed by atoms with Gasteiger partial charge in [-0.3, -0.25) is 4.98 Å². The minimum absolute atomic E-state index is 0.725. The van der Waals surface area contributed by atoms with Gasteiger partial charge in [-0.15, -0.1) is 0 Å². The van der Waals surface area contributed by atoms with Gasteiger partial charge < -0.3 is 5.32 Å². The van der Waals surface area contributed by atoms with Gasteiger partial charge in [0.25, 0.3) is 0 Å². The van der Waals surface area contributed by atoms with E-state index in [1.807, 2.05) is 30.5 Å². The van der Waals surface area contributed by atoms with E-state index in [2.05, 4.69) is 32.3 Å². The molecule has 0 saturated carbocycles. The lowest BCUT2D eigenvalue weighted by atomic mass is 10.2. The number of anilines is 1. The molecule has 17 heavy (non-hydrogen) atoms. The van der Waals surface area contributed by atoms with Crippen LogP contribution in [-0.4, -0.2) is 11.5 Å². The average molecular weight is 312 g/mol. The fraction of sp³-hybridized carbons (Fsp3) is 0.154. The Morgan fingerprint density at radius 1 is 1.29 bits per heavy atom. The SMILES string of the molecule is Clc1ccc(NCCc2cccnc2)cc1Br. The van der Waals surface area contributed by atoms with Crippen molar-refractivity contribution in [2.45, 2.75) is 6.42 Å². The van der Waals surface area contributed by atoms with E-state index < -0.39 is 0 Å². The van der Waals surface area contributed by atoms with Crippen LogP contribution in [0.2, 0.25) is 5.02 Å². The number of hydrogen-bond acceptors (Lipinski definition) is 2. The Kier molecular flexibility index (Phi) is 4.40. The Balaban J connectivity index is 1.88. The van der Waals surface area contributed by atoms with Crippen LogP contribution >= 0.6 is 27.5 Å². The molecule has 0 bridgehead atoms. The van der Waals surface area contributed by atoms with Crippen molar-refractivity contribution in [3.8, 4) is 0 Å². The molecule has 0 radical (unpaired) electrons. The molecule has 4 heteroatoms. The van der Waals surface area contributed by atoms with Crippen LogP contribution < -0.4 is 5.32 Å². The fourth-order valence-corrected chi connectivity index (χ4v) is 2.00. The van der Waals surface area contributed by atoms with Crippen molar-refractivity contribution in [2.24, 2.45) is 0 Å². The number of nitrogens with zero attached hydrogens (tertiary/aromatic N) is 1. The van der Waals surface area contributed by atoms with E-state index in [0.717, 1.165) is 28.1 Å². The number of nitrogens with one attached hydrogen (secondary N) is 1. The van der Waals surface area contributed by atoms with Gasteiger partial charge in [-0.1, -0.05) is 17.7 Å². The van der Waals surface area contributed by atoms with Crippen molar-refractivity contribution >= 4 is 33.2 Å². The van der Waals surface area contributed by atoms with Crippen LogP contribution in [0.15, 0.2) is 47.2 Å². The van der Waals surface area contributed by atoms with Crippen LogP contribution in [-0.2, 0) is 6.42 Å². The highest BCUT2D eigenvalue weighted by Crippen LogP contribution is 2.25. The van der Waals surface area contributed by atoms with Crippen molar-refractivity contribution in [2.75, 3.05) is 11.9 Å². The first-order valence-electron chi connectivity index (χ1n) is 5.33. The van der Waals surface area contributed by atoms with Crippen LogP contribution in [0.5, 0.6) is 0 Å². The topological polar surface area (TPSA) is 24.9 Å². The molecule has 0 atom stereocenters. The van der Waals surface area contributed by atoms with Gasteiger partial charge >= 0.3 is 0 Å². The summed E-state index contributed by atoms with van der Waals surface area (Å²) in [6.07, 6.45) is 4.63. The molecule has 2 nitrogen and oxygen atoms in total. The van der Waals surface area contributed by atoms with E-state index in [9.17, 15) is 0 Å². The molecule has 0 spiro atoms. The lowest BCUT2D eigenvalue weighted by Gasteiger charge is -2.07. The fourth-order valence-electron chi connectivity index (χ4n) is 1.50. The van der Waals surface area contributed by atoms with Crippen molar-refractivity contribution in [1.82, 2.24) is 4.98 Å². The predicted molar refractivity (Wildman–Crippen MR) is 75.6 cm³/mol. The maximum absolute atomic E-state index is 5.93. The zero-order chi connectivity index (χ0) is 12.1. The number of rotatable bonds is 4. The number of hydrogen-bond donors (Lipinski definition) is 1. The molecule has 0 aliphatic rings. The number of pyridine rings is 1. The summed E-state index contributed by atoms with van der Waals surface area (Å²) < 4.78 is 0.908. The Morgan fingerprint density at radius 3 is 2.88 bits per heavy atom. The second-order valence-corrected chi connectivity index (χ2v) is 4.93. The maximum atomic E-state index is 5.93. The molecule has 0 aliphatic heterocycles. The van der Waals surface area contributed by atoms with Crippen LogP contribution in [0.4, 0.5) is 5.69 Å². The summed E-state index contributed by atoms with van der Waals surface area (Å²) in [6.45, 7) is 0.875. The first-order chi connectivity index (χ1) is 8.25. The van der Waals surface area contributed by atoms with Crippen molar-refractivity contribution in [3.05, 3.63) is 57.8 Å². The third-order valence-corrected chi connectivity index (χ3v) is 3.60. The van der Waals surface area contributed by atoms with E-state index in [-0.39, 0.29) is 0 Å². The normalized spacial score (nSPS) is 10.2. The predicted octanol–water partition coefficient (Wildman–Crippen LogP) is 4.15. The van der Waals surface area contributed by atoms with Crippen LogP contribution in [0.3, 0.4) is 0 Å². The molecule has 1 aromatic heterocycles. The van der Waals surface area contributed by atoms with Crippen LogP contribution in [0, 0.1) is 0 Å². The molecule has 1 heterocycles. The molecule has 0 saturated heterocycles. The summed E-state index contributed by atoms with van der Waals surface area (Å²) in [7, 11) is 0. The molecule has 0 amide bonds. The Labute approximate surface area is 114 Å². The average Bonchev–Trinajstić information content (AvgIpc) is 2.35. The Hall–Kier alpha value is -1.06. The van der Waals surface area contributed by atoms with E-state index in [0.29, 0.717) is 0 Å². The van der Waals surface area contributed by atoms with Gasteiger partial charge in [-0.05, 0) is 52.2 Å². The molecule has 1 N–H and O–H groups in total. The molecule has 0 unspecified atom stereocenters. The number of aromatic nitrogens is 1. The van der Waals surface area contributed by atoms with Gasteiger partial charge in [0.2, 0.25) is 0 Å². The van der Waals surface area contributed by atoms with E-state index >= 15 is 0 Å². The van der Waals surface area contributed by atoms with E-state index in [1.165, 1.54) is 5.56 Å². The van der Waals surface area contributed by atoms with Gasteiger partial charge in [-0.2, -0.15) is 0 Å². The van der Waals surface area contributed by atoms with Gasteiger partial charge in [-0.25, -0.2) is 0 Å². The summed E-state index contributed by atoms with van der Waals surface area (Å²) in [5.74, 6) is 0. The van der Waals surface area contributed by atoms with Crippen LogP contribution in [0.1, 0.15) is 5.56 Å². The smallest absolute Gasteiger partial charge is 0.0549 e. The zero-order valence-corrected chi connectivity index (χ0v) is 11.5. The van der Waals surface area contributed by atoms with Gasteiger partial charge in [0.05, 0.1) is 5.02 Å². The van der Waals surface area contributed by atoms with Crippen molar-refractivity contribution in [1.29, 1.82) is 0 Å². The number of halogens is 2. The number of benzene rings is 1. The van der Waals surface area contributed by atoms with Crippen molar-refractivity contribution in [3.63, 3.8) is 0 Å². The zero-order valence-electron chi connectivity index (χ0n) is 9.16. The van der Waals surface area contributed by atoms with Gasteiger partial charge in [0.15, 0.2) is 0 Å². The molecule has 88 valence electrons. The van der Waals surface area contributed by atoms with Crippen LogP contribution in [0.25, 0.3) is 0 Å². The summed E-state index contributed by atoms with van der Waals surface area (Å²) in [6, 6.07) is 9.85. The third kappa shape index (κ3) is 3.72. The third-order valence-electron chi connectivity index (χ3n) is 2.39. The summed E-state index contributed by atoms with van der Waals surface area (Å²) in [5.41, 5.74) is 2.29.